The van der Waals surface area contributed by atoms with Crippen molar-refractivity contribution in [1.82, 2.24) is 31.2 Å². The SMILES string of the molecule is C/C(=N/NC(=O)c1ccccc1)c1ccccn1.C/C(=N\NC(=O)c1cccc([N+](=O)[O-])c1)c1ccccn1.C/C(=N\NC(=O)c1ccccc1F)c1ccccn1. The minimum Gasteiger partial charge on any atom is -0.267 e. The Morgan fingerprint density at radius 3 is 1.40 bits per heavy atom. The smallest absolute Gasteiger partial charge is 0.267 e. The van der Waals surface area contributed by atoms with Crippen molar-refractivity contribution in [1.29, 1.82) is 0 Å². The number of hydrazone groups is 3. The van der Waals surface area contributed by atoms with Crippen LogP contribution in [-0.2, 0) is 0 Å². The van der Waals surface area contributed by atoms with Gasteiger partial charge in [0.05, 0.1) is 44.7 Å². The lowest BCUT2D eigenvalue weighted by molar-refractivity contribution is -0.384. The van der Waals surface area contributed by atoms with Crippen LogP contribution in [0.2, 0.25) is 0 Å². The molecule has 0 aliphatic carbocycles. The van der Waals surface area contributed by atoms with E-state index in [9.17, 15) is 28.9 Å². The van der Waals surface area contributed by atoms with E-state index in [1.807, 2.05) is 48.5 Å². The molecule has 0 fully saturated rings. The quantitative estimate of drug-likeness (QED) is 0.0768. The third-order valence-electron chi connectivity index (χ3n) is 7.56. The minimum atomic E-state index is -0.589. The van der Waals surface area contributed by atoms with Crippen LogP contribution >= 0.6 is 0 Å². The van der Waals surface area contributed by atoms with Crippen molar-refractivity contribution in [2.24, 2.45) is 15.3 Å². The summed E-state index contributed by atoms with van der Waals surface area (Å²) in [6.45, 7) is 5.22. The maximum Gasteiger partial charge on any atom is 0.274 e. The Bertz CT molecular complexity index is 2400. The zero-order chi connectivity index (χ0) is 41.7. The molecule has 6 aromatic rings. The van der Waals surface area contributed by atoms with Crippen LogP contribution in [0.15, 0.2) is 167 Å². The van der Waals surface area contributed by atoms with Crippen molar-refractivity contribution in [3.05, 3.63) is 202 Å². The van der Waals surface area contributed by atoms with E-state index in [1.54, 1.807) is 81.8 Å². The Labute approximate surface area is 332 Å². The molecule has 3 amide bonds. The lowest BCUT2D eigenvalue weighted by Crippen LogP contribution is -2.20. The number of nitro groups is 1. The van der Waals surface area contributed by atoms with Gasteiger partial charge in [-0.1, -0.05) is 54.6 Å². The Morgan fingerprint density at radius 2 is 0.948 bits per heavy atom. The van der Waals surface area contributed by atoms with E-state index < -0.39 is 22.6 Å². The summed E-state index contributed by atoms with van der Waals surface area (Å²) in [5.74, 6) is -1.92. The van der Waals surface area contributed by atoms with Gasteiger partial charge in [-0.25, -0.2) is 20.7 Å². The normalized spacial score (nSPS) is 11.1. The van der Waals surface area contributed by atoms with Crippen LogP contribution in [0.1, 0.15) is 68.9 Å². The molecule has 0 aliphatic rings. The highest BCUT2D eigenvalue weighted by atomic mass is 19.1. The lowest BCUT2D eigenvalue weighted by Gasteiger charge is -2.03. The first kappa shape index (κ1) is 42.6. The molecular formula is C42H37FN10O5. The van der Waals surface area contributed by atoms with E-state index in [4.69, 9.17) is 0 Å². The highest BCUT2D eigenvalue weighted by molar-refractivity contribution is 6.01. The van der Waals surface area contributed by atoms with Gasteiger partial charge in [0.25, 0.3) is 23.4 Å². The third-order valence-corrected chi connectivity index (χ3v) is 7.56. The number of nitro benzene ring substituents is 1. The van der Waals surface area contributed by atoms with Gasteiger partial charge in [0.15, 0.2) is 0 Å². The topological polar surface area (TPSA) is 206 Å². The number of benzene rings is 3. The molecule has 0 atom stereocenters. The standard InChI is InChI=1S/C14H12FN3O.C14H12N4O3.C14H13N3O/c1-10(13-8-4-5-9-16-13)17-18-14(19)11-6-2-3-7-12(11)15;1-10(13-7-2-3-8-15-13)16-17-14(19)11-5-4-6-12(9-11)18(20)21;1-11(13-9-5-6-10-15-13)16-17-14(18)12-7-3-2-4-8-12/h2-9H,1H3,(H,18,19);2-9H,1H3,(H,17,19);2-10H,1H3,(H,17,18)/b17-10+;16-10+;16-11-. The average molecular weight is 781 g/mol. The number of nitrogens with zero attached hydrogens (tertiary/aromatic N) is 7. The number of rotatable bonds is 10. The highest BCUT2D eigenvalue weighted by Crippen LogP contribution is 2.13. The Morgan fingerprint density at radius 1 is 0.534 bits per heavy atom. The predicted molar refractivity (Wildman–Crippen MR) is 218 cm³/mol. The van der Waals surface area contributed by atoms with Crippen molar-refractivity contribution >= 4 is 40.5 Å². The van der Waals surface area contributed by atoms with Gasteiger partial charge in [-0.3, -0.25) is 39.4 Å². The number of hydrogen-bond donors (Lipinski definition) is 3. The maximum atomic E-state index is 13.4. The summed E-state index contributed by atoms with van der Waals surface area (Å²) in [5, 5.41) is 22.5. The highest BCUT2D eigenvalue weighted by Gasteiger charge is 2.12. The summed E-state index contributed by atoms with van der Waals surface area (Å²) in [6.07, 6.45) is 4.94. The van der Waals surface area contributed by atoms with Crippen LogP contribution in [0, 0.1) is 15.9 Å². The largest absolute Gasteiger partial charge is 0.274 e. The van der Waals surface area contributed by atoms with Crippen molar-refractivity contribution in [3.8, 4) is 0 Å². The summed E-state index contributed by atoms with van der Waals surface area (Å²) in [5.41, 5.74) is 11.5. The Kier molecular flexibility index (Phi) is 16.4. The van der Waals surface area contributed by atoms with E-state index >= 15 is 0 Å². The number of nitrogens with one attached hydrogen (secondary N) is 3. The van der Waals surface area contributed by atoms with Gasteiger partial charge in [-0.05, 0) is 87.5 Å². The Balaban J connectivity index is 0.000000193. The van der Waals surface area contributed by atoms with Gasteiger partial charge in [0, 0.05) is 41.9 Å². The van der Waals surface area contributed by atoms with Crippen molar-refractivity contribution in [2.75, 3.05) is 0 Å². The molecule has 58 heavy (non-hydrogen) atoms. The summed E-state index contributed by atoms with van der Waals surface area (Å²) in [7, 11) is 0. The molecule has 3 aromatic carbocycles. The van der Waals surface area contributed by atoms with Crippen LogP contribution in [0.25, 0.3) is 0 Å². The fourth-order valence-corrected chi connectivity index (χ4v) is 4.49. The van der Waals surface area contributed by atoms with Crippen LogP contribution in [0.5, 0.6) is 0 Å². The fourth-order valence-electron chi connectivity index (χ4n) is 4.49. The molecular weight excluding hydrogens is 744 g/mol. The number of halogens is 1. The number of hydrogen-bond acceptors (Lipinski definition) is 11. The molecule has 3 aromatic heterocycles. The van der Waals surface area contributed by atoms with Gasteiger partial charge in [0.1, 0.15) is 5.82 Å². The van der Waals surface area contributed by atoms with Crippen molar-refractivity contribution in [3.63, 3.8) is 0 Å². The second-order valence-corrected chi connectivity index (χ2v) is 11.7. The first-order chi connectivity index (χ1) is 28.0. The summed E-state index contributed by atoms with van der Waals surface area (Å²) >= 11 is 0. The molecule has 0 aliphatic heterocycles. The average Bonchev–Trinajstić information content (AvgIpc) is 3.28. The molecule has 0 radical (unpaired) electrons. The van der Waals surface area contributed by atoms with Crippen molar-refractivity contribution in [2.45, 2.75) is 20.8 Å². The minimum absolute atomic E-state index is 0.0416. The number of carbonyl (C=O) groups excluding carboxylic acids is 3. The lowest BCUT2D eigenvalue weighted by atomic mass is 10.2. The molecule has 3 N–H and O–H groups in total. The van der Waals surface area contributed by atoms with E-state index in [1.165, 1.54) is 42.5 Å². The van der Waals surface area contributed by atoms with Crippen LogP contribution in [0.4, 0.5) is 10.1 Å². The molecule has 0 saturated carbocycles. The molecule has 292 valence electrons. The first-order valence-corrected chi connectivity index (χ1v) is 17.4. The molecule has 0 bridgehead atoms. The van der Waals surface area contributed by atoms with E-state index in [0.717, 1.165) is 5.69 Å². The molecule has 16 heteroatoms. The van der Waals surface area contributed by atoms with Gasteiger partial charge >= 0.3 is 0 Å². The summed E-state index contributed by atoms with van der Waals surface area (Å²) < 4.78 is 13.4. The summed E-state index contributed by atoms with van der Waals surface area (Å²) in [6, 6.07) is 36.4. The van der Waals surface area contributed by atoms with Crippen molar-refractivity contribution < 1.29 is 23.7 Å². The molecule has 0 unspecified atom stereocenters. The number of pyridine rings is 3. The van der Waals surface area contributed by atoms with E-state index in [2.05, 4.69) is 46.5 Å². The van der Waals surface area contributed by atoms with Gasteiger partial charge in [-0.2, -0.15) is 15.3 Å². The number of carbonyl (C=O) groups is 3. The zero-order valence-corrected chi connectivity index (χ0v) is 31.5. The van der Waals surface area contributed by atoms with E-state index in [0.29, 0.717) is 34.1 Å². The molecule has 6 rings (SSSR count). The second-order valence-electron chi connectivity index (χ2n) is 11.7. The van der Waals surface area contributed by atoms with Crippen LogP contribution in [0.3, 0.4) is 0 Å². The number of amides is 3. The summed E-state index contributed by atoms with van der Waals surface area (Å²) in [4.78, 5) is 57.8. The van der Waals surface area contributed by atoms with E-state index in [-0.39, 0.29) is 22.7 Å². The molecule has 15 nitrogen and oxygen atoms in total. The zero-order valence-electron chi connectivity index (χ0n) is 31.5. The van der Waals surface area contributed by atoms with Crippen LogP contribution < -0.4 is 16.3 Å². The third kappa shape index (κ3) is 13.6. The van der Waals surface area contributed by atoms with Crippen LogP contribution in [-0.4, -0.2) is 54.7 Å². The van der Waals surface area contributed by atoms with Gasteiger partial charge in [0.2, 0.25) is 0 Å². The molecule has 3 heterocycles. The molecule has 0 spiro atoms. The first-order valence-electron chi connectivity index (χ1n) is 17.4. The predicted octanol–water partition coefficient (Wildman–Crippen LogP) is 6.75. The Hall–Kier alpha value is -8.14. The second kappa shape index (κ2) is 22.3. The van der Waals surface area contributed by atoms with Gasteiger partial charge < -0.3 is 0 Å². The number of aromatic nitrogens is 3. The monoisotopic (exact) mass is 780 g/mol. The number of non-ortho nitro benzene ring substituents is 1. The maximum absolute atomic E-state index is 13.4. The molecule has 0 saturated heterocycles. The fraction of sp³-hybridized carbons (Fsp3) is 0.0714. The van der Waals surface area contributed by atoms with Gasteiger partial charge in [-0.15, -0.1) is 0 Å².